The number of halogens is 1. The van der Waals surface area contributed by atoms with Gasteiger partial charge in [-0.2, -0.15) is 0 Å². The van der Waals surface area contributed by atoms with Crippen molar-refractivity contribution in [1.29, 1.82) is 0 Å². The fraction of sp³-hybridized carbons (Fsp3) is 0.652. The van der Waals surface area contributed by atoms with E-state index >= 15 is 0 Å². The Balaban J connectivity index is 0.00000243. The zero-order chi connectivity index (χ0) is 17.6. The molecule has 1 saturated heterocycles. The van der Waals surface area contributed by atoms with E-state index < -0.39 is 5.60 Å². The Bertz CT molecular complexity index is 592. The Morgan fingerprint density at radius 2 is 1.62 bits per heavy atom. The van der Waals surface area contributed by atoms with Crippen LogP contribution < -0.4 is 17.3 Å². The molecule has 0 aromatic heterocycles. The fourth-order valence-corrected chi connectivity index (χ4v) is 4.92. The lowest BCUT2D eigenvalue weighted by atomic mass is 9.65. The summed E-state index contributed by atoms with van der Waals surface area (Å²) in [6, 6.07) is 10.2. The SMILES string of the molecule is CCC1(C(O)(C#CC[NH+]2CCCCCC2)c2ccccc2)CCCC1.[Cl-]. The quantitative estimate of drug-likeness (QED) is 0.727. The van der Waals surface area contributed by atoms with Gasteiger partial charge in [0, 0.05) is 5.41 Å². The molecule has 2 N–H and O–H groups in total. The van der Waals surface area contributed by atoms with Gasteiger partial charge in [-0.1, -0.05) is 56.0 Å². The van der Waals surface area contributed by atoms with Crippen LogP contribution in [0.3, 0.4) is 0 Å². The maximum Gasteiger partial charge on any atom is 0.156 e. The second-order valence-corrected chi connectivity index (χ2v) is 8.06. The average molecular weight is 376 g/mol. The molecule has 0 spiro atoms. The minimum absolute atomic E-state index is 0. The summed E-state index contributed by atoms with van der Waals surface area (Å²) in [5.74, 6) is 6.82. The number of likely N-dealkylation sites (tertiary alicyclic amines) is 1. The van der Waals surface area contributed by atoms with Gasteiger partial charge in [-0.3, -0.25) is 0 Å². The standard InChI is InChI=1S/C23H33NO.ClH/c1-2-22(15-8-9-16-22)23(25,21-13-6-5-7-14-21)17-12-20-24-18-10-3-4-11-19-24;/h5-7,13-14,25H,2-4,8-11,15-16,18-20H2,1H3;1H. The van der Waals surface area contributed by atoms with Crippen LogP contribution in [0.25, 0.3) is 0 Å². The highest BCUT2D eigenvalue weighted by molar-refractivity contribution is 5.36. The Morgan fingerprint density at radius 3 is 2.19 bits per heavy atom. The molecule has 1 atom stereocenters. The number of rotatable bonds is 4. The van der Waals surface area contributed by atoms with Gasteiger partial charge in [0.15, 0.2) is 5.60 Å². The van der Waals surface area contributed by atoms with Crippen LogP contribution in [0.2, 0.25) is 0 Å². The topological polar surface area (TPSA) is 24.7 Å². The normalized spacial score (nSPS) is 22.4. The fourth-order valence-electron chi connectivity index (χ4n) is 4.92. The van der Waals surface area contributed by atoms with Crippen LogP contribution in [-0.2, 0) is 5.60 Å². The summed E-state index contributed by atoms with van der Waals surface area (Å²) < 4.78 is 0. The summed E-state index contributed by atoms with van der Waals surface area (Å²) in [5, 5.41) is 11.8. The molecule has 1 saturated carbocycles. The van der Waals surface area contributed by atoms with E-state index in [4.69, 9.17) is 0 Å². The molecule has 1 aromatic rings. The molecule has 1 aliphatic heterocycles. The van der Waals surface area contributed by atoms with Crippen LogP contribution >= 0.6 is 0 Å². The summed E-state index contributed by atoms with van der Waals surface area (Å²) in [7, 11) is 0. The minimum Gasteiger partial charge on any atom is -1.00 e. The average Bonchev–Trinajstić information content (AvgIpc) is 3.01. The third-order valence-electron chi connectivity index (χ3n) is 6.61. The van der Waals surface area contributed by atoms with Crippen molar-refractivity contribution in [2.24, 2.45) is 5.41 Å². The van der Waals surface area contributed by atoms with Crippen molar-refractivity contribution >= 4 is 0 Å². The van der Waals surface area contributed by atoms with Gasteiger partial charge < -0.3 is 22.4 Å². The van der Waals surface area contributed by atoms with Gasteiger partial charge >= 0.3 is 0 Å². The number of hydrogen-bond donors (Lipinski definition) is 2. The Hall–Kier alpha value is -1.01. The molecule has 0 radical (unpaired) electrons. The molecule has 0 amide bonds. The molecule has 1 unspecified atom stereocenters. The van der Waals surface area contributed by atoms with Crippen molar-refractivity contribution in [3.05, 3.63) is 35.9 Å². The van der Waals surface area contributed by atoms with E-state index in [0.29, 0.717) is 0 Å². The molecule has 1 aliphatic carbocycles. The maximum absolute atomic E-state index is 11.8. The van der Waals surface area contributed by atoms with E-state index in [-0.39, 0.29) is 17.8 Å². The first kappa shape index (κ1) is 21.3. The lowest BCUT2D eigenvalue weighted by molar-refractivity contribution is -0.891. The zero-order valence-electron chi connectivity index (χ0n) is 16.2. The zero-order valence-corrected chi connectivity index (χ0v) is 17.0. The lowest BCUT2D eigenvalue weighted by Gasteiger charge is -2.41. The van der Waals surface area contributed by atoms with Crippen LogP contribution in [0, 0.1) is 17.3 Å². The molecule has 144 valence electrons. The number of hydrogen-bond acceptors (Lipinski definition) is 1. The van der Waals surface area contributed by atoms with Gasteiger partial charge in [0.1, 0.15) is 6.54 Å². The van der Waals surface area contributed by atoms with Gasteiger partial charge in [-0.05, 0) is 56.4 Å². The Morgan fingerprint density at radius 1 is 1.00 bits per heavy atom. The number of benzene rings is 1. The maximum atomic E-state index is 11.8. The predicted octanol–water partition coefficient (Wildman–Crippen LogP) is 0.311. The van der Waals surface area contributed by atoms with Crippen LogP contribution in [0.15, 0.2) is 30.3 Å². The molecule has 2 fully saturated rings. The highest BCUT2D eigenvalue weighted by Crippen LogP contribution is 2.53. The summed E-state index contributed by atoms with van der Waals surface area (Å²) in [6.45, 7) is 5.56. The molecule has 26 heavy (non-hydrogen) atoms. The second-order valence-electron chi connectivity index (χ2n) is 8.06. The first-order valence-electron chi connectivity index (χ1n) is 10.3. The molecule has 3 heteroatoms. The number of quaternary nitrogens is 1. The van der Waals surface area contributed by atoms with Crippen LogP contribution in [-0.4, -0.2) is 24.7 Å². The first-order chi connectivity index (χ1) is 12.2. The van der Waals surface area contributed by atoms with Crippen LogP contribution in [0.1, 0.15) is 70.3 Å². The summed E-state index contributed by atoms with van der Waals surface area (Å²) >= 11 is 0. The largest absolute Gasteiger partial charge is 1.00 e. The van der Waals surface area contributed by atoms with E-state index in [1.807, 2.05) is 18.2 Å². The van der Waals surface area contributed by atoms with E-state index in [1.54, 1.807) is 4.90 Å². The van der Waals surface area contributed by atoms with E-state index in [0.717, 1.165) is 31.4 Å². The van der Waals surface area contributed by atoms with Crippen molar-refractivity contribution < 1.29 is 22.4 Å². The van der Waals surface area contributed by atoms with E-state index in [2.05, 4.69) is 30.9 Å². The van der Waals surface area contributed by atoms with Crippen LogP contribution in [0.5, 0.6) is 0 Å². The molecular weight excluding hydrogens is 342 g/mol. The number of aliphatic hydroxyl groups is 1. The van der Waals surface area contributed by atoms with Crippen molar-refractivity contribution in [3.63, 3.8) is 0 Å². The van der Waals surface area contributed by atoms with Crippen molar-refractivity contribution in [3.8, 4) is 11.8 Å². The third kappa shape index (κ3) is 4.45. The van der Waals surface area contributed by atoms with Gasteiger partial charge in [-0.15, -0.1) is 0 Å². The van der Waals surface area contributed by atoms with Crippen molar-refractivity contribution in [2.45, 2.75) is 70.3 Å². The lowest BCUT2D eigenvalue weighted by Crippen LogP contribution is -3.11. The summed E-state index contributed by atoms with van der Waals surface area (Å²) in [5.41, 5.74) is -0.114. The monoisotopic (exact) mass is 375 g/mol. The second kappa shape index (κ2) is 9.79. The molecule has 3 rings (SSSR count). The third-order valence-corrected chi connectivity index (χ3v) is 6.61. The Labute approximate surface area is 165 Å². The smallest absolute Gasteiger partial charge is 0.156 e. The molecule has 1 aromatic carbocycles. The molecule has 2 nitrogen and oxygen atoms in total. The van der Waals surface area contributed by atoms with Gasteiger partial charge in [0.2, 0.25) is 0 Å². The van der Waals surface area contributed by atoms with Crippen molar-refractivity contribution in [2.75, 3.05) is 19.6 Å². The van der Waals surface area contributed by atoms with Crippen molar-refractivity contribution in [1.82, 2.24) is 0 Å². The molecule has 2 aliphatic rings. The first-order valence-corrected chi connectivity index (χ1v) is 10.3. The van der Waals surface area contributed by atoms with Gasteiger partial charge in [-0.25, -0.2) is 0 Å². The minimum atomic E-state index is -1.01. The van der Waals surface area contributed by atoms with Gasteiger partial charge in [0.05, 0.1) is 13.1 Å². The van der Waals surface area contributed by atoms with E-state index in [9.17, 15) is 5.11 Å². The summed E-state index contributed by atoms with van der Waals surface area (Å²) in [4.78, 5) is 1.59. The number of nitrogens with one attached hydrogen (secondary N) is 1. The Kier molecular flexibility index (Phi) is 8.02. The highest BCUT2D eigenvalue weighted by Gasteiger charge is 2.50. The highest BCUT2D eigenvalue weighted by atomic mass is 35.5. The molecule has 1 heterocycles. The van der Waals surface area contributed by atoms with Crippen LogP contribution in [0.4, 0.5) is 0 Å². The summed E-state index contributed by atoms with van der Waals surface area (Å²) in [6.07, 6.45) is 10.9. The molecular formula is C23H34ClNO. The molecule has 0 bridgehead atoms. The van der Waals surface area contributed by atoms with E-state index in [1.165, 1.54) is 51.6 Å². The van der Waals surface area contributed by atoms with Gasteiger partial charge in [0.25, 0.3) is 0 Å². The predicted molar refractivity (Wildman–Crippen MR) is 103 cm³/mol.